The number of anilines is 1. The second-order valence-electron chi connectivity index (χ2n) is 10.2. The summed E-state index contributed by atoms with van der Waals surface area (Å²) < 4.78 is -0.806. The molecule has 0 aliphatic carbocycles. The Morgan fingerprint density at radius 3 is 2.58 bits per heavy atom. The van der Waals surface area contributed by atoms with Gasteiger partial charge < -0.3 is 19.8 Å². The second kappa shape index (κ2) is 10.1. The molecule has 192 valence electrons. The molecule has 0 aromatic heterocycles. The van der Waals surface area contributed by atoms with Crippen LogP contribution in [0.3, 0.4) is 0 Å². The van der Waals surface area contributed by atoms with Crippen molar-refractivity contribution >= 4 is 35.2 Å². The summed E-state index contributed by atoms with van der Waals surface area (Å²) in [6.45, 7) is 5.38. The normalized spacial score (nSPS) is 32.3. The predicted octanol–water partition coefficient (Wildman–Crippen LogP) is 2.86. The van der Waals surface area contributed by atoms with E-state index in [0.717, 1.165) is 18.5 Å². The Balaban J connectivity index is 1.57. The smallest absolute Gasteiger partial charge is 0.247 e. The van der Waals surface area contributed by atoms with Crippen molar-refractivity contribution in [2.24, 2.45) is 11.8 Å². The number of aliphatic hydroxyl groups is 1. The molecule has 1 spiro atoms. The van der Waals surface area contributed by atoms with Crippen molar-refractivity contribution in [1.29, 1.82) is 0 Å². The Morgan fingerprint density at radius 2 is 1.86 bits per heavy atom. The first kappa shape index (κ1) is 25.1. The predicted molar refractivity (Wildman–Crippen MR) is 141 cm³/mol. The van der Waals surface area contributed by atoms with Gasteiger partial charge in [0.2, 0.25) is 17.7 Å². The SMILES string of the molecule is CCCC(C)N1CC=C[C@]23S[C@H]4C=CCN(c5ccccc5)C(=O)[C@H]4[C@H]2C(=O)N(CCCO)C3C1=O. The van der Waals surface area contributed by atoms with Gasteiger partial charge in [0.05, 0.1) is 16.6 Å². The molecule has 5 rings (SSSR count). The minimum absolute atomic E-state index is 0.0463. The lowest BCUT2D eigenvalue weighted by Gasteiger charge is -2.37. The van der Waals surface area contributed by atoms with E-state index < -0.39 is 22.6 Å². The summed E-state index contributed by atoms with van der Waals surface area (Å²) in [6.07, 6.45) is 10.4. The van der Waals surface area contributed by atoms with Crippen molar-refractivity contribution in [3.05, 3.63) is 54.6 Å². The fourth-order valence-corrected chi connectivity index (χ4v) is 8.45. The maximum Gasteiger partial charge on any atom is 0.247 e. The fraction of sp³-hybridized carbons (Fsp3) is 0.536. The fourth-order valence-electron chi connectivity index (χ4n) is 6.45. The minimum atomic E-state index is -0.806. The van der Waals surface area contributed by atoms with Gasteiger partial charge in [-0.25, -0.2) is 0 Å². The number of fused-ring (bicyclic) bond motifs is 2. The van der Waals surface area contributed by atoms with Crippen molar-refractivity contribution in [1.82, 2.24) is 9.80 Å². The Hall–Kier alpha value is -2.58. The minimum Gasteiger partial charge on any atom is -0.396 e. The molecule has 0 bridgehead atoms. The van der Waals surface area contributed by atoms with E-state index in [9.17, 15) is 19.5 Å². The zero-order valence-corrected chi connectivity index (χ0v) is 21.8. The second-order valence-corrected chi connectivity index (χ2v) is 11.7. The number of thioether (sulfide) groups is 1. The Labute approximate surface area is 217 Å². The lowest BCUT2D eigenvalue weighted by molar-refractivity contribution is -0.143. The maximum atomic E-state index is 14.1. The molecule has 0 radical (unpaired) electrons. The first-order chi connectivity index (χ1) is 17.4. The molecule has 6 atom stereocenters. The number of amides is 3. The van der Waals surface area contributed by atoms with Crippen molar-refractivity contribution in [3.63, 3.8) is 0 Å². The van der Waals surface area contributed by atoms with Gasteiger partial charge in [0.25, 0.3) is 0 Å². The molecule has 7 nitrogen and oxygen atoms in total. The number of aliphatic hydroxyl groups excluding tert-OH is 1. The molecule has 4 aliphatic heterocycles. The zero-order valence-electron chi connectivity index (χ0n) is 21.0. The van der Waals surface area contributed by atoms with E-state index in [2.05, 4.69) is 26.0 Å². The summed E-state index contributed by atoms with van der Waals surface area (Å²) in [6, 6.07) is 8.95. The average molecular weight is 510 g/mol. The summed E-state index contributed by atoms with van der Waals surface area (Å²) >= 11 is 1.60. The topological polar surface area (TPSA) is 81.2 Å². The number of para-hydroxylation sites is 1. The molecule has 2 fully saturated rings. The van der Waals surface area contributed by atoms with Gasteiger partial charge in [-0.05, 0) is 31.9 Å². The van der Waals surface area contributed by atoms with Crippen LogP contribution in [0, 0.1) is 11.8 Å². The molecule has 0 saturated carbocycles. The molecule has 4 aliphatic rings. The van der Waals surface area contributed by atoms with E-state index in [1.807, 2.05) is 47.4 Å². The third-order valence-electron chi connectivity index (χ3n) is 8.05. The van der Waals surface area contributed by atoms with E-state index in [1.54, 1.807) is 21.6 Å². The van der Waals surface area contributed by atoms with Gasteiger partial charge in [-0.15, -0.1) is 11.8 Å². The van der Waals surface area contributed by atoms with E-state index in [0.29, 0.717) is 26.1 Å². The van der Waals surface area contributed by atoms with Crippen LogP contribution in [0.15, 0.2) is 54.6 Å². The molecule has 1 aromatic carbocycles. The summed E-state index contributed by atoms with van der Waals surface area (Å²) in [7, 11) is 0. The monoisotopic (exact) mass is 509 g/mol. The molecule has 2 saturated heterocycles. The molecule has 3 amide bonds. The number of carbonyl (C=O) groups excluding carboxylic acids is 3. The van der Waals surface area contributed by atoms with Crippen LogP contribution in [0.5, 0.6) is 0 Å². The molecule has 36 heavy (non-hydrogen) atoms. The standard InChI is InChI=1S/C28H35N3O4S/c1-3-10-19(2)29-16-8-14-28-23(26(34)31(17-9-18-32)24(28)27(29)35)22-21(36-28)13-7-15-30(25(22)33)20-11-5-4-6-12-20/h4-8,11-14,19,21-24,32H,3,9-10,15-18H2,1-2H3/t19?,21-,22+,23-,24?,28-/m0/s1. The molecule has 1 aromatic rings. The van der Waals surface area contributed by atoms with Crippen LogP contribution in [0.4, 0.5) is 5.69 Å². The lowest BCUT2D eigenvalue weighted by atomic mass is 9.78. The summed E-state index contributed by atoms with van der Waals surface area (Å²) in [5.74, 6) is -1.44. The summed E-state index contributed by atoms with van der Waals surface area (Å²) in [5, 5.41) is 9.37. The zero-order chi connectivity index (χ0) is 25.4. The van der Waals surface area contributed by atoms with Crippen LogP contribution in [-0.4, -0.2) is 80.9 Å². The van der Waals surface area contributed by atoms with Gasteiger partial charge in [-0.2, -0.15) is 0 Å². The molecular formula is C28H35N3O4S. The number of hydrogen-bond acceptors (Lipinski definition) is 5. The first-order valence-electron chi connectivity index (χ1n) is 13.0. The lowest BCUT2D eigenvalue weighted by Crippen LogP contribution is -2.55. The van der Waals surface area contributed by atoms with Crippen molar-refractivity contribution in [3.8, 4) is 0 Å². The van der Waals surface area contributed by atoms with Gasteiger partial charge in [0.15, 0.2) is 0 Å². The number of hydrogen-bond donors (Lipinski definition) is 1. The number of nitrogens with zero attached hydrogens (tertiary/aromatic N) is 3. The van der Waals surface area contributed by atoms with Crippen LogP contribution in [-0.2, 0) is 14.4 Å². The highest BCUT2D eigenvalue weighted by Crippen LogP contribution is 2.61. The van der Waals surface area contributed by atoms with Crippen LogP contribution in [0.25, 0.3) is 0 Å². The van der Waals surface area contributed by atoms with Crippen molar-refractivity contribution < 1.29 is 19.5 Å². The van der Waals surface area contributed by atoms with Gasteiger partial charge in [0.1, 0.15) is 6.04 Å². The average Bonchev–Trinajstić information content (AvgIpc) is 3.18. The van der Waals surface area contributed by atoms with Gasteiger partial charge in [-0.1, -0.05) is 55.8 Å². The van der Waals surface area contributed by atoms with E-state index in [-0.39, 0.29) is 35.6 Å². The van der Waals surface area contributed by atoms with Crippen LogP contribution >= 0.6 is 11.8 Å². The van der Waals surface area contributed by atoms with E-state index in [1.165, 1.54) is 0 Å². The maximum absolute atomic E-state index is 14.1. The van der Waals surface area contributed by atoms with Crippen LogP contribution in [0.2, 0.25) is 0 Å². The molecular weight excluding hydrogens is 474 g/mol. The Kier molecular flexibility index (Phi) is 7.01. The number of likely N-dealkylation sites (tertiary alicyclic amines) is 1. The summed E-state index contributed by atoms with van der Waals surface area (Å²) in [5.41, 5.74) is 0.810. The summed E-state index contributed by atoms with van der Waals surface area (Å²) in [4.78, 5) is 47.6. The van der Waals surface area contributed by atoms with Crippen molar-refractivity contribution in [2.75, 3.05) is 31.1 Å². The quantitative estimate of drug-likeness (QED) is 0.572. The number of benzene rings is 1. The third kappa shape index (κ3) is 3.89. The number of rotatable bonds is 7. The highest BCUT2D eigenvalue weighted by atomic mass is 32.2. The highest BCUT2D eigenvalue weighted by molar-refractivity contribution is 8.02. The van der Waals surface area contributed by atoms with Crippen molar-refractivity contribution in [2.45, 2.75) is 55.2 Å². The van der Waals surface area contributed by atoms with Crippen LogP contribution in [0.1, 0.15) is 33.1 Å². The van der Waals surface area contributed by atoms with Gasteiger partial charge in [0, 0.05) is 43.2 Å². The van der Waals surface area contributed by atoms with Crippen LogP contribution < -0.4 is 4.90 Å². The molecule has 2 unspecified atom stereocenters. The largest absolute Gasteiger partial charge is 0.396 e. The molecule has 8 heteroatoms. The first-order valence-corrected chi connectivity index (χ1v) is 13.9. The molecule has 4 heterocycles. The molecule has 1 N–H and O–H groups in total. The Morgan fingerprint density at radius 1 is 1.08 bits per heavy atom. The van der Waals surface area contributed by atoms with Gasteiger partial charge >= 0.3 is 0 Å². The Bertz CT molecular complexity index is 1080. The third-order valence-corrected chi connectivity index (χ3v) is 9.80. The van der Waals surface area contributed by atoms with E-state index >= 15 is 0 Å². The van der Waals surface area contributed by atoms with Gasteiger partial charge in [-0.3, -0.25) is 14.4 Å². The van der Waals surface area contributed by atoms with E-state index in [4.69, 9.17) is 0 Å². The number of carbonyl (C=O) groups is 3. The highest BCUT2D eigenvalue weighted by Gasteiger charge is 2.71.